The Balaban J connectivity index is 1.88. The third-order valence-corrected chi connectivity index (χ3v) is 4.56. The lowest BCUT2D eigenvalue weighted by atomic mass is 10.1. The second kappa shape index (κ2) is 7.33. The van der Waals surface area contributed by atoms with Gasteiger partial charge in [0.2, 0.25) is 0 Å². The highest BCUT2D eigenvalue weighted by Crippen LogP contribution is 2.27. The number of likely N-dealkylation sites (N-methyl/N-ethyl adjacent to an activating group) is 1. The van der Waals surface area contributed by atoms with Crippen LogP contribution in [0.25, 0.3) is 6.08 Å². The van der Waals surface area contributed by atoms with E-state index in [2.05, 4.69) is 21.2 Å². The Bertz CT molecular complexity index is 885. The molecule has 0 bridgehead atoms. The van der Waals surface area contributed by atoms with Crippen LogP contribution in [0.4, 0.5) is 4.39 Å². The standard InChI is InChI=1S/C18H14BrFN2O2S/c1-22-17(23)15(21-18(22)25)9-12-8-13(19)6-7-16(12)24-10-11-4-2-3-5-14(11)20/h2-9H,10H2,1H3,(H,21,25)/b15-9+. The third kappa shape index (κ3) is 3.88. The van der Waals surface area contributed by atoms with E-state index in [0.717, 1.165) is 4.47 Å². The predicted octanol–water partition coefficient (Wildman–Crippen LogP) is 3.85. The molecule has 0 spiro atoms. The lowest BCUT2D eigenvalue weighted by Gasteiger charge is -2.11. The van der Waals surface area contributed by atoms with Crippen molar-refractivity contribution in [2.75, 3.05) is 7.05 Å². The molecule has 1 fully saturated rings. The maximum absolute atomic E-state index is 13.7. The molecular weight excluding hydrogens is 407 g/mol. The van der Waals surface area contributed by atoms with Gasteiger partial charge in [-0.3, -0.25) is 9.69 Å². The maximum atomic E-state index is 13.7. The minimum Gasteiger partial charge on any atom is -0.488 e. The Morgan fingerprint density at radius 3 is 2.76 bits per heavy atom. The average molecular weight is 421 g/mol. The van der Waals surface area contributed by atoms with Crippen LogP contribution >= 0.6 is 28.1 Å². The largest absolute Gasteiger partial charge is 0.488 e. The highest BCUT2D eigenvalue weighted by molar-refractivity contribution is 9.10. The fraction of sp³-hybridized carbons (Fsp3) is 0.111. The van der Waals surface area contributed by atoms with Crippen molar-refractivity contribution in [3.63, 3.8) is 0 Å². The fourth-order valence-corrected chi connectivity index (χ4v) is 2.88. The molecule has 2 aromatic carbocycles. The number of nitrogens with one attached hydrogen (secondary N) is 1. The van der Waals surface area contributed by atoms with Gasteiger partial charge < -0.3 is 10.1 Å². The minimum atomic E-state index is -0.320. The lowest BCUT2D eigenvalue weighted by molar-refractivity contribution is -0.121. The van der Waals surface area contributed by atoms with Crippen LogP contribution < -0.4 is 10.1 Å². The molecule has 0 atom stereocenters. The van der Waals surface area contributed by atoms with Gasteiger partial charge in [-0.15, -0.1) is 0 Å². The molecule has 128 valence electrons. The van der Waals surface area contributed by atoms with E-state index in [0.29, 0.717) is 27.7 Å². The quantitative estimate of drug-likeness (QED) is 0.602. The Morgan fingerprint density at radius 2 is 2.08 bits per heavy atom. The first kappa shape index (κ1) is 17.6. The summed E-state index contributed by atoms with van der Waals surface area (Å²) in [6, 6.07) is 11.8. The molecule has 25 heavy (non-hydrogen) atoms. The molecule has 1 amide bonds. The van der Waals surface area contributed by atoms with E-state index < -0.39 is 0 Å². The number of carbonyl (C=O) groups excluding carboxylic acids is 1. The van der Waals surface area contributed by atoms with Gasteiger partial charge >= 0.3 is 0 Å². The van der Waals surface area contributed by atoms with Crippen LogP contribution in [0.3, 0.4) is 0 Å². The number of hydrogen-bond acceptors (Lipinski definition) is 3. The average Bonchev–Trinajstić information content (AvgIpc) is 2.82. The highest BCUT2D eigenvalue weighted by Gasteiger charge is 2.27. The first-order valence-corrected chi connectivity index (χ1v) is 8.62. The van der Waals surface area contributed by atoms with Crippen molar-refractivity contribution in [1.82, 2.24) is 10.2 Å². The summed E-state index contributed by atoms with van der Waals surface area (Å²) in [5.74, 6) is -0.00168. The Morgan fingerprint density at radius 1 is 1.32 bits per heavy atom. The van der Waals surface area contributed by atoms with E-state index in [9.17, 15) is 9.18 Å². The van der Waals surface area contributed by atoms with Gasteiger partial charge in [-0.1, -0.05) is 34.1 Å². The summed E-state index contributed by atoms with van der Waals surface area (Å²) in [7, 11) is 1.61. The number of benzene rings is 2. The summed E-state index contributed by atoms with van der Waals surface area (Å²) in [4.78, 5) is 13.5. The van der Waals surface area contributed by atoms with Crippen molar-refractivity contribution in [2.45, 2.75) is 6.61 Å². The van der Waals surface area contributed by atoms with Crippen molar-refractivity contribution in [3.8, 4) is 5.75 Å². The van der Waals surface area contributed by atoms with Gasteiger partial charge in [0.25, 0.3) is 5.91 Å². The van der Waals surface area contributed by atoms with Crippen LogP contribution in [0.1, 0.15) is 11.1 Å². The van der Waals surface area contributed by atoms with Crippen LogP contribution in [0.2, 0.25) is 0 Å². The van der Waals surface area contributed by atoms with Gasteiger partial charge in [0, 0.05) is 22.6 Å². The van der Waals surface area contributed by atoms with Gasteiger partial charge in [0.15, 0.2) is 5.11 Å². The van der Waals surface area contributed by atoms with Crippen LogP contribution in [0, 0.1) is 5.82 Å². The molecule has 1 heterocycles. The van der Waals surface area contributed by atoms with Gasteiger partial charge in [-0.25, -0.2) is 4.39 Å². The molecule has 1 aliphatic rings. The zero-order valence-corrected chi connectivity index (χ0v) is 15.7. The maximum Gasteiger partial charge on any atom is 0.276 e. The topological polar surface area (TPSA) is 41.6 Å². The number of hydrogen-bond donors (Lipinski definition) is 1. The molecule has 0 radical (unpaired) electrons. The Kier molecular flexibility index (Phi) is 5.15. The number of halogens is 2. The highest BCUT2D eigenvalue weighted by atomic mass is 79.9. The number of carbonyl (C=O) groups is 1. The van der Waals surface area contributed by atoms with Gasteiger partial charge in [-0.2, -0.15) is 0 Å². The number of rotatable bonds is 4. The molecule has 2 aromatic rings. The van der Waals surface area contributed by atoms with Crippen LogP contribution in [0.5, 0.6) is 5.75 Å². The van der Waals surface area contributed by atoms with E-state index in [1.165, 1.54) is 11.0 Å². The molecule has 0 unspecified atom stereocenters. The number of nitrogens with zero attached hydrogens (tertiary/aromatic N) is 1. The van der Waals surface area contributed by atoms with Gasteiger partial charge in [0.1, 0.15) is 23.9 Å². The lowest BCUT2D eigenvalue weighted by Crippen LogP contribution is -2.25. The molecular formula is C18H14BrFN2O2S. The van der Waals surface area contributed by atoms with Crippen molar-refractivity contribution in [1.29, 1.82) is 0 Å². The molecule has 3 rings (SSSR count). The summed E-state index contributed by atoms with van der Waals surface area (Å²) >= 11 is 8.48. The van der Waals surface area contributed by atoms with E-state index in [4.69, 9.17) is 17.0 Å². The summed E-state index contributed by atoms with van der Waals surface area (Å²) in [5.41, 5.74) is 1.50. The van der Waals surface area contributed by atoms with Crippen LogP contribution in [0.15, 0.2) is 52.6 Å². The zero-order valence-electron chi connectivity index (χ0n) is 13.3. The van der Waals surface area contributed by atoms with Crippen LogP contribution in [-0.2, 0) is 11.4 Å². The number of ether oxygens (including phenoxy) is 1. The summed E-state index contributed by atoms with van der Waals surface area (Å²) < 4.78 is 20.3. The molecule has 7 heteroatoms. The number of amides is 1. The van der Waals surface area contributed by atoms with Gasteiger partial charge in [-0.05, 0) is 42.6 Å². The SMILES string of the molecule is CN1C(=O)/C(=C\c2cc(Br)ccc2OCc2ccccc2F)NC1=S. The zero-order chi connectivity index (χ0) is 18.0. The van der Waals surface area contributed by atoms with Crippen molar-refractivity contribution < 1.29 is 13.9 Å². The third-order valence-electron chi connectivity index (χ3n) is 3.69. The van der Waals surface area contributed by atoms with Crippen molar-refractivity contribution >= 4 is 45.2 Å². The predicted molar refractivity (Wildman–Crippen MR) is 101 cm³/mol. The Hall–Kier alpha value is -2.25. The molecule has 1 saturated heterocycles. The minimum absolute atomic E-state index is 0.0875. The molecule has 4 nitrogen and oxygen atoms in total. The molecule has 0 aliphatic carbocycles. The van der Waals surface area contributed by atoms with E-state index in [1.54, 1.807) is 37.4 Å². The summed E-state index contributed by atoms with van der Waals surface area (Å²) in [6.07, 6.45) is 1.67. The first-order chi connectivity index (χ1) is 12.0. The van der Waals surface area contributed by atoms with Crippen LogP contribution in [-0.4, -0.2) is 23.0 Å². The molecule has 0 saturated carbocycles. The molecule has 1 aliphatic heterocycles. The van der Waals surface area contributed by atoms with Gasteiger partial charge in [0.05, 0.1) is 0 Å². The second-order valence-corrected chi connectivity index (χ2v) is 6.72. The second-order valence-electron chi connectivity index (χ2n) is 5.41. The normalized spacial score (nSPS) is 15.6. The van der Waals surface area contributed by atoms with Crippen molar-refractivity contribution in [3.05, 3.63) is 69.6 Å². The van der Waals surface area contributed by atoms with Crippen molar-refractivity contribution in [2.24, 2.45) is 0 Å². The van der Waals surface area contributed by atoms with E-state index in [1.807, 2.05) is 12.1 Å². The molecule has 1 N–H and O–H groups in total. The first-order valence-electron chi connectivity index (χ1n) is 7.42. The Labute approximate surface area is 158 Å². The summed E-state index contributed by atoms with van der Waals surface area (Å²) in [6.45, 7) is 0.0875. The van der Waals surface area contributed by atoms with E-state index in [-0.39, 0.29) is 18.3 Å². The number of thiocarbonyl (C=S) groups is 1. The smallest absolute Gasteiger partial charge is 0.276 e. The van der Waals surface area contributed by atoms with E-state index >= 15 is 0 Å². The summed E-state index contributed by atoms with van der Waals surface area (Å²) in [5, 5.41) is 3.22. The molecule has 0 aromatic heterocycles. The monoisotopic (exact) mass is 420 g/mol. The fourth-order valence-electron chi connectivity index (χ4n) is 2.31.